The molecule has 4 atom stereocenters. The van der Waals surface area contributed by atoms with Crippen LogP contribution in [0.3, 0.4) is 0 Å². The van der Waals surface area contributed by atoms with Gasteiger partial charge in [-0.2, -0.15) is 4.39 Å². The standard InChI is InChI=1S/C27H32F6O/c1-2-3-4-5-6-16-7-8-18-14-19(10-9-17(18)13-16)20-11-12-21-22(15-20)23(28)24(29)25(30)26(21)34-27(31,32)33/h11-12,15-19H,2-10,13-14H2,1H3. The lowest BCUT2D eigenvalue weighted by molar-refractivity contribution is -0.275. The molecule has 7 heteroatoms. The molecular formula is C27H32F6O. The van der Waals surface area contributed by atoms with Crippen LogP contribution in [0.25, 0.3) is 10.8 Å². The molecule has 0 aliphatic heterocycles. The van der Waals surface area contributed by atoms with Crippen molar-refractivity contribution in [2.45, 2.75) is 89.8 Å². The Kier molecular flexibility index (Phi) is 7.68. The van der Waals surface area contributed by atoms with E-state index in [2.05, 4.69) is 11.7 Å². The number of hydrogen-bond donors (Lipinski definition) is 0. The molecule has 0 aromatic heterocycles. The minimum atomic E-state index is -5.22. The third-order valence-electron chi connectivity index (χ3n) is 7.99. The second-order valence-corrected chi connectivity index (χ2v) is 10.2. The van der Waals surface area contributed by atoms with Crippen molar-refractivity contribution in [2.75, 3.05) is 0 Å². The van der Waals surface area contributed by atoms with Crippen LogP contribution in [-0.2, 0) is 0 Å². The summed E-state index contributed by atoms with van der Waals surface area (Å²) >= 11 is 0. The van der Waals surface area contributed by atoms with Gasteiger partial charge in [0, 0.05) is 10.8 Å². The fourth-order valence-electron chi connectivity index (χ4n) is 6.25. The quantitative estimate of drug-likeness (QED) is 0.215. The molecule has 2 aromatic carbocycles. The largest absolute Gasteiger partial charge is 0.573 e. The van der Waals surface area contributed by atoms with Gasteiger partial charge in [-0.15, -0.1) is 13.2 Å². The number of ether oxygens (including phenoxy) is 1. The highest BCUT2D eigenvalue weighted by molar-refractivity contribution is 5.90. The van der Waals surface area contributed by atoms with Gasteiger partial charge in [0.15, 0.2) is 17.4 Å². The Hall–Kier alpha value is -1.92. The van der Waals surface area contributed by atoms with Crippen molar-refractivity contribution < 1.29 is 31.1 Å². The number of alkyl halides is 3. The van der Waals surface area contributed by atoms with E-state index in [4.69, 9.17) is 0 Å². The minimum Gasteiger partial charge on any atom is -0.402 e. The first kappa shape index (κ1) is 25.2. The van der Waals surface area contributed by atoms with E-state index in [0.29, 0.717) is 11.8 Å². The van der Waals surface area contributed by atoms with Gasteiger partial charge in [0.2, 0.25) is 5.82 Å². The van der Waals surface area contributed by atoms with Crippen LogP contribution in [0, 0.1) is 35.2 Å². The van der Waals surface area contributed by atoms with E-state index in [1.807, 2.05) is 0 Å². The van der Waals surface area contributed by atoms with E-state index in [1.54, 1.807) is 6.07 Å². The van der Waals surface area contributed by atoms with Crippen molar-refractivity contribution in [3.63, 3.8) is 0 Å². The van der Waals surface area contributed by atoms with Crippen molar-refractivity contribution in [2.24, 2.45) is 17.8 Å². The first-order valence-corrected chi connectivity index (χ1v) is 12.5. The van der Waals surface area contributed by atoms with E-state index >= 15 is 0 Å². The molecule has 2 aliphatic carbocycles. The van der Waals surface area contributed by atoms with Gasteiger partial charge in [0.25, 0.3) is 0 Å². The smallest absolute Gasteiger partial charge is 0.402 e. The van der Waals surface area contributed by atoms with Crippen LogP contribution in [0.5, 0.6) is 5.75 Å². The Morgan fingerprint density at radius 3 is 2.29 bits per heavy atom. The van der Waals surface area contributed by atoms with E-state index in [0.717, 1.165) is 30.7 Å². The van der Waals surface area contributed by atoms with Crippen LogP contribution < -0.4 is 4.74 Å². The predicted octanol–water partition coefficient (Wildman–Crippen LogP) is 9.43. The lowest BCUT2D eigenvalue weighted by atomic mass is 9.63. The van der Waals surface area contributed by atoms with Crippen molar-refractivity contribution in [3.8, 4) is 5.75 Å². The van der Waals surface area contributed by atoms with Crippen LogP contribution in [0.4, 0.5) is 26.3 Å². The molecule has 188 valence electrons. The van der Waals surface area contributed by atoms with E-state index in [-0.39, 0.29) is 11.3 Å². The van der Waals surface area contributed by atoms with Crippen LogP contribution in [0.15, 0.2) is 18.2 Å². The second-order valence-electron chi connectivity index (χ2n) is 10.2. The highest BCUT2D eigenvalue weighted by Gasteiger charge is 2.37. The number of rotatable bonds is 7. The summed E-state index contributed by atoms with van der Waals surface area (Å²) < 4.78 is 84.6. The summed E-state index contributed by atoms with van der Waals surface area (Å²) in [5, 5.41) is -0.802. The van der Waals surface area contributed by atoms with Crippen molar-refractivity contribution >= 4 is 10.8 Å². The van der Waals surface area contributed by atoms with Gasteiger partial charge < -0.3 is 4.74 Å². The SMILES string of the molecule is CCCCCCC1CCC2CC(c3ccc4c(OC(F)(F)F)c(F)c(F)c(F)c4c3)CCC2C1. The summed E-state index contributed by atoms with van der Waals surface area (Å²) in [6.45, 7) is 2.22. The molecule has 0 heterocycles. The Labute approximate surface area is 196 Å². The van der Waals surface area contributed by atoms with Crippen LogP contribution in [0.1, 0.15) is 89.0 Å². The van der Waals surface area contributed by atoms with Crippen LogP contribution in [0.2, 0.25) is 0 Å². The average Bonchev–Trinajstić information content (AvgIpc) is 2.82. The molecular weight excluding hydrogens is 454 g/mol. The summed E-state index contributed by atoms with van der Waals surface area (Å²) in [6, 6.07) is 4.20. The fraction of sp³-hybridized carbons (Fsp3) is 0.630. The first-order chi connectivity index (χ1) is 16.2. The zero-order valence-corrected chi connectivity index (χ0v) is 19.5. The third-order valence-corrected chi connectivity index (χ3v) is 7.99. The van der Waals surface area contributed by atoms with Gasteiger partial charge in [0.1, 0.15) is 0 Å². The number of benzene rings is 2. The molecule has 34 heavy (non-hydrogen) atoms. The molecule has 0 amide bonds. The van der Waals surface area contributed by atoms with E-state index in [1.165, 1.54) is 63.5 Å². The van der Waals surface area contributed by atoms with Crippen molar-refractivity contribution in [3.05, 3.63) is 41.2 Å². The summed E-state index contributed by atoms with van der Waals surface area (Å²) in [5.74, 6) is -4.53. The molecule has 2 aliphatic rings. The number of unbranched alkanes of at least 4 members (excludes halogenated alkanes) is 3. The van der Waals surface area contributed by atoms with Crippen molar-refractivity contribution in [1.29, 1.82) is 0 Å². The molecule has 2 aromatic rings. The van der Waals surface area contributed by atoms with Gasteiger partial charge in [-0.1, -0.05) is 57.6 Å². The molecule has 1 nitrogen and oxygen atoms in total. The number of fused-ring (bicyclic) bond motifs is 2. The lowest BCUT2D eigenvalue weighted by Gasteiger charge is -2.42. The lowest BCUT2D eigenvalue weighted by Crippen LogP contribution is -2.30. The maximum Gasteiger partial charge on any atom is 0.573 e. The molecule has 4 rings (SSSR count). The molecule has 2 saturated carbocycles. The maximum absolute atomic E-state index is 14.5. The average molecular weight is 487 g/mol. The molecule has 0 spiro atoms. The van der Waals surface area contributed by atoms with E-state index in [9.17, 15) is 26.3 Å². The summed E-state index contributed by atoms with van der Waals surface area (Å²) in [7, 11) is 0. The number of halogens is 6. The van der Waals surface area contributed by atoms with Gasteiger partial charge >= 0.3 is 6.36 Å². The summed E-state index contributed by atoms with van der Waals surface area (Å²) in [5.41, 5.74) is 0.760. The molecule has 0 radical (unpaired) electrons. The minimum absolute atomic E-state index is 0.131. The molecule has 4 unspecified atom stereocenters. The summed E-state index contributed by atoms with van der Waals surface area (Å²) in [6.07, 6.45) is 7.83. The summed E-state index contributed by atoms with van der Waals surface area (Å²) in [4.78, 5) is 0. The van der Waals surface area contributed by atoms with E-state index < -0.39 is 34.9 Å². The predicted molar refractivity (Wildman–Crippen MR) is 120 cm³/mol. The first-order valence-electron chi connectivity index (χ1n) is 12.5. The Bertz CT molecular complexity index is 1000. The van der Waals surface area contributed by atoms with Crippen molar-refractivity contribution in [1.82, 2.24) is 0 Å². The maximum atomic E-state index is 14.5. The van der Waals surface area contributed by atoms with Gasteiger partial charge in [-0.3, -0.25) is 0 Å². The Balaban J connectivity index is 1.49. The Morgan fingerprint density at radius 2 is 1.56 bits per heavy atom. The fourth-order valence-corrected chi connectivity index (χ4v) is 6.25. The molecule has 0 N–H and O–H groups in total. The highest BCUT2D eigenvalue weighted by atomic mass is 19.4. The molecule has 2 fully saturated rings. The molecule has 0 saturated heterocycles. The van der Waals surface area contributed by atoms with Crippen LogP contribution in [-0.4, -0.2) is 6.36 Å². The van der Waals surface area contributed by atoms with Gasteiger partial charge in [-0.25, -0.2) is 8.78 Å². The zero-order chi connectivity index (χ0) is 24.5. The monoisotopic (exact) mass is 486 g/mol. The molecule has 0 bridgehead atoms. The third kappa shape index (κ3) is 5.49. The number of hydrogen-bond acceptors (Lipinski definition) is 1. The van der Waals surface area contributed by atoms with Gasteiger partial charge in [0.05, 0.1) is 0 Å². The topological polar surface area (TPSA) is 9.23 Å². The Morgan fingerprint density at radius 1 is 0.824 bits per heavy atom. The second kappa shape index (κ2) is 10.4. The zero-order valence-electron chi connectivity index (χ0n) is 19.5. The van der Waals surface area contributed by atoms with Gasteiger partial charge in [-0.05, 0) is 67.4 Å². The highest BCUT2D eigenvalue weighted by Crippen LogP contribution is 2.49. The van der Waals surface area contributed by atoms with Crippen LogP contribution >= 0.6 is 0 Å². The normalized spacial score (nSPS) is 25.4.